The number of nitrogens with zero attached hydrogens (tertiary/aromatic N) is 3. The molecule has 98 valence electrons. The molecule has 6 nitrogen and oxygen atoms in total. The Kier molecular flexibility index (Phi) is 3.20. The van der Waals surface area contributed by atoms with Gasteiger partial charge in [-0.1, -0.05) is 47.6 Å². The maximum absolute atomic E-state index is 11.9. The summed E-state index contributed by atoms with van der Waals surface area (Å²) in [6, 6.07) is 17.3. The van der Waals surface area contributed by atoms with E-state index in [0.29, 0.717) is 5.56 Å². The number of rotatable bonds is 3. The highest BCUT2D eigenvalue weighted by Crippen LogP contribution is 2.19. The maximum Gasteiger partial charge on any atom is 0.258 e. The molecule has 1 heterocycles. The van der Waals surface area contributed by atoms with Gasteiger partial charge < -0.3 is 0 Å². The Morgan fingerprint density at radius 2 is 1.65 bits per heavy atom. The highest BCUT2D eigenvalue weighted by molar-refractivity contribution is 6.03. The minimum atomic E-state index is -0.261. The summed E-state index contributed by atoms with van der Waals surface area (Å²) in [5.74, 6) is -0.0368. The van der Waals surface area contributed by atoms with Gasteiger partial charge in [-0.15, -0.1) is 0 Å². The monoisotopic (exact) mass is 265 g/mol. The molecule has 0 bridgehead atoms. The number of tetrazole rings is 1. The number of aromatic amines is 1. The molecule has 0 saturated heterocycles. The van der Waals surface area contributed by atoms with Gasteiger partial charge in [-0.05, 0) is 33.7 Å². The lowest BCUT2D eigenvalue weighted by molar-refractivity contribution is 0.102. The molecule has 0 saturated carbocycles. The number of hydrogen-bond acceptors (Lipinski definition) is 4. The molecule has 0 atom stereocenters. The molecule has 2 N–H and O–H groups in total. The van der Waals surface area contributed by atoms with Gasteiger partial charge in [0.05, 0.1) is 0 Å². The van der Waals surface area contributed by atoms with Crippen molar-refractivity contribution in [2.75, 3.05) is 5.32 Å². The Morgan fingerprint density at radius 3 is 2.30 bits per heavy atom. The van der Waals surface area contributed by atoms with Crippen molar-refractivity contribution in [3.63, 3.8) is 0 Å². The SMILES string of the molecule is O=C(Nc1nnn[nH]1)c1ccc(-c2ccccc2)cc1. The van der Waals surface area contributed by atoms with Crippen LogP contribution in [-0.4, -0.2) is 26.5 Å². The second-order valence-corrected chi connectivity index (χ2v) is 4.15. The summed E-state index contributed by atoms with van der Waals surface area (Å²) >= 11 is 0. The Bertz CT molecular complexity index is 692. The van der Waals surface area contributed by atoms with Crippen LogP contribution in [-0.2, 0) is 0 Å². The lowest BCUT2D eigenvalue weighted by Gasteiger charge is -2.04. The van der Waals surface area contributed by atoms with Crippen molar-refractivity contribution in [3.05, 3.63) is 60.2 Å². The average molecular weight is 265 g/mol. The van der Waals surface area contributed by atoms with E-state index in [2.05, 4.69) is 25.9 Å². The first-order valence-corrected chi connectivity index (χ1v) is 6.03. The summed E-state index contributed by atoms with van der Waals surface area (Å²) in [6.45, 7) is 0. The standard InChI is InChI=1S/C14H11N5O/c20-13(15-14-16-18-19-17-14)12-8-6-11(7-9-12)10-4-2-1-3-5-10/h1-9H,(H2,15,16,17,18,19,20). The van der Waals surface area contributed by atoms with E-state index in [1.807, 2.05) is 42.5 Å². The second-order valence-electron chi connectivity index (χ2n) is 4.15. The zero-order valence-corrected chi connectivity index (χ0v) is 10.4. The third kappa shape index (κ3) is 2.54. The van der Waals surface area contributed by atoms with E-state index in [1.54, 1.807) is 12.1 Å². The molecule has 0 radical (unpaired) electrons. The predicted molar refractivity (Wildman–Crippen MR) is 74.0 cm³/mol. The van der Waals surface area contributed by atoms with Gasteiger partial charge >= 0.3 is 0 Å². The normalized spacial score (nSPS) is 10.2. The summed E-state index contributed by atoms with van der Waals surface area (Å²) in [6.07, 6.45) is 0. The smallest absolute Gasteiger partial charge is 0.258 e. The summed E-state index contributed by atoms with van der Waals surface area (Å²) in [4.78, 5) is 11.9. The second kappa shape index (κ2) is 5.31. The fraction of sp³-hybridized carbons (Fsp3) is 0. The van der Waals surface area contributed by atoms with Crippen molar-refractivity contribution in [2.24, 2.45) is 0 Å². The Labute approximate surface area is 114 Å². The molecular formula is C14H11N5O. The van der Waals surface area contributed by atoms with Crippen molar-refractivity contribution in [2.45, 2.75) is 0 Å². The Morgan fingerprint density at radius 1 is 0.950 bits per heavy atom. The van der Waals surface area contributed by atoms with E-state index in [1.165, 1.54) is 0 Å². The van der Waals surface area contributed by atoms with E-state index in [9.17, 15) is 4.79 Å². The van der Waals surface area contributed by atoms with Crippen LogP contribution >= 0.6 is 0 Å². The minimum absolute atomic E-state index is 0.224. The third-order valence-electron chi connectivity index (χ3n) is 2.83. The number of anilines is 1. The van der Waals surface area contributed by atoms with Crippen LogP contribution in [0.15, 0.2) is 54.6 Å². The van der Waals surface area contributed by atoms with E-state index in [4.69, 9.17) is 0 Å². The van der Waals surface area contributed by atoms with E-state index >= 15 is 0 Å². The van der Waals surface area contributed by atoms with Crippen LogP contribution in [0.1, 0.15) is 10.4 Å². The highest BCUT2D eigenvalue weighted by atomic mass is 16.1. The van der Waals surface area contributed by atoms with Gasteiger partial charge in [0.15, 0.2) is 0 Å². The molecule has 0 fully saturated rings. The van der Waals surface area contributed by atoms with E-state index in [0.717, 1.165) is 11.1 Å². The van der Waals surface area contributed by atoms with Crippen LogP contribution < -0.4 is 5.32 Å². The van der Waals surface area contributed by atoms with Crippen molar-refractivity contribution in [1.29, 1.82) is 0 Å². The molecule has 0 aliphatic heterocycles. The summed E-state index contributed by atoms with van der Waals surface area (Å²) in [5, 5.41) is 15.4. The fourth-order valence-corrected chi connectivity index (χ4v) is 1.84. The molecule has 0 aliphatic carbocycles. The van der Waals surface area contributed by atoms with Gasteiger partial charge in [0.1, 0.15) is 0 Å². The van der Waals surface area contributed by atoms with Crippen molar-refractivity contribution in [3.8, 4) is 11.1 Å². The number of amides is 1. The molecule has 2 aromatic carbocycles. The molecular weight excluding hydrogens is 254 g/mol. The van der Waals surface area contributed by atoms with Crippen molar-refractivity contribution in [1.82, 2.24) is 20.6 Å². The van der Waals surface area contributed by atoms with Gasteiger partial charge in [-0.25, -0.2) is 5.10 Å². The van der Waals surface area contributed by atoms with Gasteiger partial charge in [0, 0.05) is 5.56 Å². The Balaban J connectivity index is 1.78. The number of carbonyl (C=O) groups excluding carboxylic acids is 1. The topological polar surface area (TPSA) is 83.6 Å². The Hall–Kier alpha value is -3.02. The van der Waals surface area contributed by atoms with Crippen molar-refractivity contribution < 1.29 is 4.79 Å². The molecule has 0 unspecified atom stereocenters. The maximum atomic E-state index is 11.9. The van der Waals surface area contributed by atoms with Gasteiger partial charge in [-0.3, -0.25) is 10.1 Å². The number of aromatic nitrogens is 4. The van der Waals surface area contributed by atoms with Crippen LogP contribution in [0, 0.1) is 0 Å². The van der Waals surface area contributed by atoms with E-state index in [-0.39, 0.29) is 11.9 Å². The van der Waals surface area contributed by atoms with Gasteiger partial charge in [-0.2, -0.15) is 0 Å². The number of H-pyrrole nitrogens is 1. The molecule has 0 spiro atoms. The zero-order valence-electron chi connectivity index (χ0n) is 10.4. The molecule has 20 heavy (non-hydrogen) atoms. The first-order chi connectivity index (χ1) is 9.83. The number of hydrogen-bond donors (Lipinski definition) is 2. The number of nitrogens with one attached hydrogen (secondary N) is 2. The largest absolute Gasteiger partial charge is 0.289 e. The zero-order chi connectivity index (χ0) is 13.8. The van der Waals surface area contributed by atoms with Crippen LogP contribution in [0.4, 0.5) is 5.95 Å². The van der Waals surface area contributed by atoms with E-state index < -0.39 is 0 Å². The first-order valence-electron chi connectivity index (χ1n) is 6.03. The van der Waals surface area contributed by atoms with Gasteiger partial charge in [0.2, 0.25) is 5.95 Å². The highest BCUT2D eigenvalue weighted by Gasteiger charge is 2.08. The van der Waals surface area contributed by atoms with Crippen LogP contribution in [0.5, 0.6) is 0 Å². The summed E-state index contributed by atoms with van der Waals surface area (Å²) in [5.41, 5.74) is 2.71. The lowest BCUT2D eigenvalue weighted by atomic mass is 10.0. The molecule has 0 aliphatic rings. The quantitative estimate of drug-likeness (QED) is 0.759. The fourth-order valence-electron chi connectivity index (χ4n) is 1.84. The molecule has 1 amide bonds. The van der Waals surface area contributed by atoms with Crippen LogP contribution in [0.25, 0.3) is 11.1 Å². The first kappa shape index (κ1) is 12.0. The predicted octanol–water partition coefficient (Wildman–Crippen LogP) is 2.12. The van der Waals surface area contributed by atoms with Crippen LogP contribution in [0.3, 0.4) is 0 Å². The molecule has 3 rings (SSSR count). The van der Waals surface area contributed by atoms with Crippen molar-refractivity contribution >= 4 is 11.9 Å². The van der Waals surface area contributed by atoms with Crippen LogP contribution in [0.2, 0.25) is 0 Å². The number of benzene rings is 2. The summed E-state index contributed by atoms with van der Waals surface area (Å²) < 4.78 is 0. The van der Waals surface area contributed by atoms with Gasteiger partial charge in [0.25, 0.3) is 5.91 Å². The third-order valence-corrected chi connectivity index (χ3v) is 2.83. The number of carbonyl (C=O) groups is 1. The minimum Gasteiger partial charge on any atom is -0.289 e. The molecule has 3 aromatic rings. The average Bonchev–Trinajstić information content (AvgIpc) is 3.01. The molecule has 6 heteroatoms. The summed E-state index contributed by atoms with van der Waals surface area (Å²) in [7, 11) is 0. The molecule has 1 aromatic heterocycles. The lowest BCUT2D eigenvalue weighted by Crippen LogP contribution is -2.12.